The summed E-state index contributed by atoms with van der Waals surface area (Å²) in [5.74, 6) is 0.140. The Labute approximate surface area is 419 Å². The maximum atomic E-state index is 13.4. The fourth-order valence-corrected chi connectivity index (χ4v) is 10.5. The van der Waals surface area contributed by atoms with Crippen LogP contribution in [-0.2, 0) is 71.7 Å². The molecule has 0 unspecified atom stereocenters. The Balaban J connectivity index is 1.62. The molecule has 20 nitrogen and oxygen atoms in total. The number of ether oxygens (including phenoxy) is 4. The molecule has 4 rings (SSSR count). The third-order valence-corrected chi connectivity index (χ3v) is 18.1. The molecule has 390 valence electrons. The summed E-state index contributed by atoms with van der Waals surface area (Å²) in [7, 11) is -6.02. The molecule has 0 aliphatic rings. The quantitative estimate of drug-likeness (QED) is 0.0196. The van der Waals surface area contributed by atoms with Crippen LogP contribution in [0.3, 0.4) is 0 Å². The molecule has 0 saturated carbocycles. The summed E-state index contributed by atoms with van der Waals surface area (Å²) < 4.78 is 59.6. The second kappa shape index (κ2) is 27.1. The molecule has 0 N–H and O–H groups in total. The first-order valence-corrected chi connectivity index (χ1v) is 28.5. The molecular formula is C49H73N9O11SSi. The van der Waals surface area contributed by atoms with Crippen molar-refractivity contribution in [1.82, 2.24) is 45.0 Å². The summed E-state index contributed by atoms with van der Waals surface area (Å²) in [6.07, 6.45) is 4.56. The average Bonchev–Trinajstić information content (AvgIpc) is 4.12. The number of nitrogens with zero attached hydrogens (tertiary/aromatic N) is 9. The number of aryl methyl sites for hydroxylation is 1. The summed E-state index contributed by atoms with van der Waals surface area (Å²) >= 11 is 0. The van der Waals surface area contributed by atoms with Crippen molar-refractivity contribution in [1.29, 1.82) is 0 Å². The molecule has 3 aromatic heterocycles. The van der Waals surface area contributed by atoms with E-state index in [0.717, 1.165) is 23.7 Å². The smallest absolute Gasteiger partial charge is 0.308 e. The van der Waals surface area contributed by atoms with Gasteiger partial charge in [-0.2, -0.15) is 8.42 Å². The topological polar surface area (TPSA) is 241 Å². The van der Waals surface area contributed by atoms with Gasteiger partial charge in [0, 0.05) is 44.3 Å². The van der Waals surface area contributed by atoms with Crippen molar-refractivity contribution in [3.63, 3.8) is 0 Å². The van der Waals surface area contributed by atoms with E-state index in [1.807, 2.05) is 6.92 Å². The minimum Gasteiger partial charge on any atom is -0.463 e. The first kappa shape index (κ1) is 57.8. The molecule has 22 heteroatoms. The highest BCUT2D eigenvalue weighted by atomic mass is 32.2. The fourth-order valence-electron chi connectivity index (χ4n) is 6.97. The van der Waals surface area contributed by atoms with Crippen molar-refractivity contribution in [2.45, 2.75) is 156 Å². The molecule has 0 saturated heterocycles. The monoisotopic (exact) mass is 1020 g/mol. The largest absolute Gasteiger partial charge is 0.463 e. The van der Waals surface area contributed by atoms with E-state index in [0.29, 0.717) is 23.5 Å². The van der Waals surface area contributed by atoms with Crippen molar-refractivity contribution in [3.05, 3.63) is 65.5 Å². The van der Waals surface area contributed by atoms with Crippen LogP contribution < -0.4 is 0 Å². The van der Waals surface area contributed by atoms with Gasteiger partial charge in [0.05, 0.1) is 63.8 Å². The molecule has 0 aliphatic carbocycles. The molecule has 0 bridgehead atoms. The number of benzene rings is 1. The van der Waals surface area contributed by atoms with Crippen LogP contribution in [0.1, 0.15) is 123 Å². The van der Waals surface area contributed by atoms with Crippen molar-refractivity contribution in [2.75, 3.05) is 26.4 Å². The molecular weight excluding hydrogens is 951 g/mol. The van der Waals surface area contributed by atoms with Crippen LogP contribution in [0.15, 0.2) is 47.8 Å². The van der Waals surface area contributed by atoms with E-state index in [-0.39, 0.29) is 68.4 Å². The number of rotatable bonds is 28. The van der Waals surface area contributed by atoms with Gasteiger partial charge >= 0.3 is 23.9 Å². The Morgan fingerprint density at radius 1 is 0.563 bits per heavy atom. The minimum atomic E-state index is -4.28. The zero-order valence-corrected chi connectivity index (χ0v) is 45.2. The third-order valence-electron chi connectivity index (χ3n) is 12.0. The number of hydrogen-bond donors (Lipinski definition) is 0. The van der Waals surface area contributed by atoms with Gasteiger partial charge in [-0.25, -0.2) is 14.0 Å². The van der Waals surface area contributed by atoms with Crippen LogP contribution in [0.4, 0.5) is 0 Å². The number of hydrogen-bond acceptors (Lipinski definition) is 17. The minimum absolute atomic E-state index is 0.0618. The Hall–Kier alpha value is -5.79. The lowest BCUT2D eigenvalue weighted by Crippen LogP contribution is -2.29. The molecule has 0 radical (unpaired) electrons. The van der Waals surface area contributed by atoms with Crippen molar-refractivity contribution in [3.8, 4) is 11.5 Å². The van der Waals surface area contributed by atoms with E-state index < -0.39 is 72.2 Å². The molecule has 0 spiro atoms. The summed E-state index contributed by atoms with van der Waals surface area (Å²) in [4.78, 5) is 50.4. The van der Waals surface area contributed by atoms with Gasteiger partial charge in [0.25, 0.3) is 10.1 Å². The molecule has 0 aliphatic heterocycles. The maximum Gasteiger partial charge on any atom is 0.308 e. The van der Waals surface area contributed by atoms with Crippen LogP contribution >= 0.6 is 0 Å². The molecule has 4 atom stereocenters. The second-order valence-corrected chi connectivity index (χ2v) is 25.6. The van der Waals surface area contributed by atoms with Gasteiger partial charge in [0.1, 0.15) is 40.6 Å². The maximum absolute atomic E-state index is 13.4. The predicted molar refractivity (Wildman–Crippen MR) is 264 cm³/mol. The zero-order chi connectivity index (χ0) is 52.5. The Morgan fingerprint density at radius 2 is 0.930 bits per heavy atom. The summed E-state index contributed by atoms with van der Waals surface area (Å²) in [5, 5.41) is 26.4. The number of esters is 4. The average molecular weight is 1020 g/mol. The van der Waals surface area contributed by atoms with Gasteiger partial charge in [0.15, 0.2) is 0 Å². The van der Waals surface area contributed by atoms with Gasteiger partial charge in [-0.1, -0.05) is 109 Å². The Bertz CT molecular complexity index is 2520. The van der Waals surface area contributed by atoms with E-state index in [1.54, 1.807) is 95.5 Å². The Morgan fingerprint density at radius 3 is 1.32 bits per heavy atom. The first-order chi connectivity index (χ1) is 33.6. The van der Waals surface area contributed by atoms with E-state index in [2.05, 4.69) is 63.2 Å². The van der Waals surface area contributed by atoms with Gasteiger partial charge < -0.3 is 18.9 Å². The fraction of sp³-hybridized carbons (Fsp3) is 0.633. The summed E-state index contributed by atoms with van der Waals surface area (Å²) in [6.45, 7) is 21.7. The highest BCUT2D eigenvalue weighted by Crippen LogP contribution is 2.23. The summed E-state index contributed by atoms with van der Waals surface area (Å²) in [6, 6.07) is 7.67. The van der Waals surface area contributed by atoms with E-state index in [4.69, 9.17) is 23.1 Å². The van der Waals surface area contributed by atoms with Crippen LogP contribution in [0.2, 0.25) is 18.1 Å². The van der Waals surface area contributed by atoms with Gasteiger partial charge in [0.2, 0.25) is 0 Å². The molecule has 0 fully saturated rings. The van der Waals surface area contributed by atoms with E-state index in [1.165, 1.54) is 16.8 Å². The van der Waals surface area contributed by atoms with Crippen LogP contribution in [0.5, 0.6) is 0 Å². The second-order valence-electron chi connectivity index (χ2n) is 19.1. The van der Waals surface area contributed by atoms with Gasteiger partial charge in [-0.05, 0) is 37.2 Å². The third kappa shape index (κ3) is 17.8. The lowest BCUT2D eigenvalue weighted by molar-refractivity contribution is -0.150. The van der Waals surface area contributed by atoms with Gasteiger partial charge in [-0.3, -0.25) is 23.4 Å². The predicted octanol–water partition coefficient (Wildman–Crippen LogP) is 6.43. The van der Waals surface area contributed by atoms with Crippen molar-refractivity contribution < 1.29 is 50.7 Å². The molecule has 4 aromatic rings. The van der Waals surface area contributed by atoms with Gasteiger partial charge in [-0.15, -0.1) is 26.8 Å². The van der Waals surface area contributed by atoms with Crippen LogP contribution in [0, 0.1) is 42.1 Å². The molecule has 3 heterocycles. The Kier molecular flexibility index (Phi) is 22.1. The number of carbonyl (C=O) groups is 4. The summed E-state index contributed by atoms with van der Waals surface area (Å²) in [5.41, 5.74) is 5.81. The number of carbonyl (C=O) groups excluding carboxylic acids is 4. The SMILES string of the molecule is CC[Si](C#CC[C@@H](COC(=O)C(C)C)n1cc(C[C@@H](COC(=O)C(C)C)n2cc(C[C@@H](COC(=O)C(C)C)n3cc(C[C@@H](COC(=O)C(C)C)OS(=O)(=O)c4ccc(C)cc4)nn3)nn2)nn1)(CC)CC. The standard InChI is InChI=1S/C49H73N9O11SSi/c1-13-71(14-2,15-3)22-16-17-41(29-65-46(59)33(4)5)56-26-38(50-53-56)23-42(30-66-47(60)34(6)7)57-27-39(51-54-57)24-43(31-67-48(61)35(8)9)58-28-40(52-55-58)25-44(32-68-49(62)36(10)11)69-70(63,64)45-20-18-37(12)19-21-45/h18-21,26-28,33-36,41-44H,13-15,17,23-25,29-32H2,1-12H3/t41-,42-,43-,44-/m0/s1. The zero-order valence-electron chi connectivity index (χ0n) is 43.4. The first-order valence-electron chi connectivity index (χ1n) is 24.5. The molecule has 0 amide bonds. The van der Waals surface area contributed by atoms with Crippen molar-refractivity contribution >= 4 is 42.1 Å². The van der Waals surface area contributed by atoms with E-state index >= 15 is 0 Å². The highest BCUT2D eigenvalue weighted by molar-refractivity contribution is 7.86. The lowest BCUT2D eigenvalue weighted by atomic mass is 10.1. The van der Waals surface area contributed by atoms with Crippen LogP contribution in [-0.4, -0.2) is 118 Å². The molecule has 1 aromatic carbocycles. The normalized spacial score (nSPS) is 13.7. The van der Waals surface area contributed by atoms with Crippen molar-refractivity contribution in [2.24, 2.45) is 23.7 Å². The molecule has 71 heavy (non-hydrogen) atoms. The lowest BCUT2D eigenvalue weighted by Gasteiger charge is -2.20. The number of aromatic nitrogens is 9. The van der Waals surface area contributed by atoms with Crippen LogP contribution in [0.25, 0.3) is 0 Å². The van der Waals surface area contributed by atoms with E-state index in [9.17, 15) is 27.6 Å². The highest BCUT2D eigenvalue weighted by Gasteiger charge is 2.29.